The van der Waals surface area contributed by atoms with Crippen molar-refractivity contribution in [2.45, 2.75) is 58.3 Å². The summed E-state index contributed by atoms with van der Waals surface area (Å²) >= 11 is 2.06. The van der Waals surface area contributed by atoms with Gasteiger partial charge in [-0.15, -0.1) is 0 Å². The van der Waals surface area contributed by atoms with Crippen LogP contribution < -0.4 is 4.74 Å². The predicted octanol–water partition coefficient (Wildman–Crippen LogP) is 5.90. The smallest absolute Gasteiger partial charge is 0.303 e. The van der Waals surface area contributed by atoms with Gasteiger partial charge >= 0.3 is 5.97 Å². The zero-order chi connectivity index (χ0) is 23.5. The maximum Gasteiger partial charge on any atom is 0.303 e. The summed E-state index contributed by atoms with van der Waals surface area (Å²) in [5.74, 6) is 3.44. The number of carbonyl (C=O) groups is 1. The number of carboxylic acid groups (broad SMARTS) is 1. The average molecular weight is 473 g/mol. The van der Waals surface area contributed by atoms with Gasteiger partial charge < -0.3 is 14.7 Å². The van der Waals surface area contributed by atoms with Crippen molar-refractivity contribution in [2.24, 2.45) is 11.8 Å². The van der Waals surface area contributed by atoms with Gasteiger partial charge in [0.05, 0.1) is 12.6 Å². The van der Waals surface area contributed by atoms with Gasteiger partial charge in [0.1, 0.15) is 5.75 Å². The number of hydrogen-bond acceptors (Lipinski definition) is 5. The standard InChI is InChI=1S/C27H40N2O3S/c1-3-4-16-33-17-6-14-29-15-12-21(23(20-29)18-27(30)31)7-5-8-22-11-13-28-26-10-9-24(32-2)19-25(22)26/h9-11,13,19,21,23H,3-8,12,14-18,20H2,1-2H3,(H,30,31)/t21-,23+/m1/s1. The van der Waals surface area contributed by atoms with Crippen molar-refractivity contribution in [1.82, 2.24) is 9.88 Å². The lowest BCUT2D eigenvalue weighted by Crippen LogP contribution is -2.42. The Labute approximate surface area is 203 Å². The number of ether oxygens (including phenoxy) is 1. The van der Waals surface area contributed by atoms with Crippen LogP contribution in [0.1, 0.15) is 57.4 Å². The summed E-state index contributed by atoms with van der Waals surface area (Å²) in [6, 6.07) is 8.15. The van der Waals surface area contributed by atoms with Crippen LogP contribution in [0.15, 0.2) is 30.5 Å². The van der Waals surface area contributed by atoms with E-state index in [-0.39, 0.29) is 5.92 Å². The van der Waals surface area contributed by atoms with E-state index in [1.807, 2.05) is 18.3 Å². The molecule has 1 saturated heterocycles. The van der Waals surface area contributed by atoms with Crippen LogP contribution in [0.4, 0.5) is 0 Å². The number of nitrogens with zero attached hydrogens (tertiary/aromatic N) is 2. The second-order valence-electron chi connectivity index (χ2n) is 9.27. The third kappa shape index (κ3) is 8.18. The monoisotopic (exact) mass is 472 g/mol. The van der Waals surface area contributed by atoms with E-state index < -0.39 is 5.97 Å². The fraction of sp³-hybridized carbons (Fsp3) is 0.630. The largest absolute Gasteiger partial charge is 0.497 e. The minimum atomic E-state index is -0.658. The van der Waals surface area contributed by atoms with Gasteiger partial charge in [0.2, 0.25) is 0 Å². The topological polar surface area (TPSA) is 62.7 Å². The van der Waals surface area contributed by atoms with Gasteiger partial charge in [-0.2, -0.15) is 11.8 Å². The molecule has 0 spiro atoms. The highest BCUT2D eigenvalue weighted by atomic mass is 32.2. The fourth-order valence-corrected chi connectivity index (χ4v) is 6.05. The minimum absolute atomic E-state index is 0.262. The van der Waals surface area contributed by atoms with E-state index in [9.17, 15) is 9.90 Å². The van der Waals surface area contributed by atoms with Crippen LogP contribution in [0.3, 0.4) is 0 Å². The highest BCUT2D eigenvalue weighted by Gasteiger charge is 2.30. The van der Waals surface area contributed by atoms with E-state index in [4.69, 9.17) is 4.74 Å². The van der Waals surface area contributed by atoms with Crippen LogP contribution in [0.2, 0.25) is 0 Å². The number of piperidine rings is 1. The molecule has 1 aliphatic rings. The van der Waals surface area contributed by atoms with Gasteiger partial charge in [-0.05, 0) is 105 Å². The van der Waals surface area contributed by atoms with Gasteiger partial charge in [0, 0.05) is 24.5 Å². The molecule has 0 amide bonds. The first-order valence-electron chi connectivity index (χ1n) is 12.5. The van der Waals surface area contributed by atoms with Crippen molar-refractivity contribution >= 4 is 28.6 Å². The average Bonchev–Trinajstić information content (AvgIpc) is 2.82. The molecule has 0 radical (unpaired) electrons. The Hall–Kier alpha value is -1.79. The molecular formula is C27H40N2O3S. The maximum absolute atomic E-state index is 11.5. The molecule has 1 N–H and O–H groups in total. The van der Waals surface area contributed by atoms with Crippen molar-refractivity contribution in [2.75, 3.05) is 38.2 Å². The molecule has 1 aromatic carbocycles. The van der Waals surface area contributed by atoms with Gasteiger partial charge in [-0.3, -0.25) is 9.78 Å². The van der Waals surface area contributed by atoms with Crippen molar-refractivity contribution in [3.05, 3.63) is 36.0 Å². The SMILES string of the molecule is CCCCSCCCN1CC[C@@H](CCCc2ccnc3ccc(OC)cc23)[C@@H](CC(=O)O)C1. The molecule has 3 rings (SSSR count). The van der Waals surface area contributed by atoms with E-state index in [0.717, 1.165) is 62.0 Å². The van der Waals surface area contributed by atoms with Crippen LogP contribution in [-0.2, 0) is 11.2 Å². The number of pyridine rings is 1. The summed E-state index contributed by atoms with van der Waals surface area (Å²) in [6.45, 7) is 5.39. The molecule has 6 heteroatoms. The van der Waals surface area contributed by atoms with Gasteiger partial charge in [-0.1, -0.05) is 13.3 Å². The summed E-state index contributed by atoms with van der Waals surface area (Å²) in [5, 5.41) is 10.7. The summed E-state index contributed by atoms with van der Waals surface area (Å²) in [4.78, 5) is 18.5. The number of aryl methyl sites for hydroxylation is 1. The summed E-state index contributed by atoms with van der Waals surface area (Å²) < 4.78 is 5.40. The third-order valence-corrected chi connectivity index (χ3v) is 8.03. The molecular weight excluding hydrogens is 432 g/mol. The van der Waals surface area contributed by atoms with E-state index in [1.165, 1.54) is 36.3 Å². The molecule has 182 valence electrons. The Morgan fingerprint density at radius 1 is 1.21 bits per heavy atom. The highest BCUT2D eigenvalue weighted by molar-refractivity contribution is 7.99. The summed E-state index contributed by atoms with van der Waals surface area (Å²) in [7, 11) is 1.69. The van der Waals surface area contributed by atoms with E-state index in [2.05, 4.69) is 40.7 Å². The quantitative estimate of drug-likeness (QED) is 0.345. The molecule has 0 saturated carbocycles. The Balaban J connectivity index is 1.50. The third-order valence-electron chi connectivity index (χ3n) is 6.88. The number of rotatable bonds is 14. The van der Waals surface area contributed by atoms with Crippen LogP contribution >= 0.6 is 11.8 Å². The number of fused-ring (bicyclic) bond motifs is 1. The minimum Gasteiger partial charge on any atom is -0.497 e. The lowest BCUT2D eigenvalue weighted by atomic mass is 9.80. The molecule has 2 aromatic rings. The van der Waals surface area contributed by atoms with Crippen LogP contribution in [0.5, 0.6) is 5.75 Å². The van der Waals surface area contributed by atoms with Gasteiger partial charge in [0.15, 0.2) is 0 Å². The van der Waals surface area contributed by atoms with Crippen molar-refractivity contribution in [3.8, 4) is 5.75 Å². The summed E-state index contributed by atoms with van der Waals surface area (Å²) in [5.41, 5.74) is 2.30. The number of likely N-dealkylation sites (tertiary alicyclic amines) is 1. The number of aromatic nitrogens is 1. The number of unbranched alkanes of at least 4 members (excludes halogenated alkanes) is 1. The molecule has 2 heterocycles. The Bertz CT molecular complexity index is 876. The zero-order valence-corrected chi connectivity index (χ0v) is 21.1. The number of carboxylic acids is 1. The zero-order valence-electron chi connectivity index (χ0n) is 20.3. The lowest BCUT2D eigenvalue weighted by Gasteiger charge is -2.38. The summed E-state index contributed by atoms with van der Waals surface area (Å²) in [6.07, 6.45) is 10.2. The molecule has 1 aromatic heterocycles. The first-order chi connectivity index (χ1) is 16.1. The van der Waals surface area contributed by atoms with Crippen LogP contribution in [-0.4, -0.2) is 59.2 Å². The predicted molar refractivity (Wildman–Crippen MR) is 138 cm³/mol. The number of benzene rings is 1. The van der Waals surface area contributed by atoms with Crippen LogP contribution in [0, 0.1) is 11.8 Å². The highest BCUT2D eigenvalue weighted by Crippen LogP contribution is 2.32. The normalized spacial score (nSPS) is 19.1. The maximum atomic E-state index is 11.5. The molecule has 5 nitrogen and oxygen atoms in total. The molecule has 0 unspecified atom stereocenters. The van der Waals surface area contributed by atoms with E-state index >= 15 is 0 Å². The molecule has 2 atom stereocenters. The molecule has 33 heavy (non-hydrogen) atoms. The number of methoxy groups -OCH3 is 1. The van der Waals surface area contributed by atoms with Gasteiger partial charge in [-0.25, -0.2) is 0 Å². The Morgan fingerprint density at radius 3 is 2.85 bits per heavy atom. The molecule has 0 bridgehead atoms. The first kappa shape index (κ1) is 25.8. The second-order valence-corrected chi connectivity index (χ2v) is 10.5. The van der Waals surface area contributed by atoms with Crippen molar-refractivity contribution in [1.29, 1.82) is 0 Å². The fourth-order valence-electron chi connectivity index (χ4n) is 5.02. The number of thioether (sulfide) groups is 1. The van der Waals surface area contributed by atoms with Crippen LogP contribution in [0.25, 0.3) is 10.9 Å². The first-order valence-corrected chi connectivity index (χ1v) is 13.7. The van der Waals surface area contributed by atoms with E-state index in [0.29, 0.717) is 12.3 Å². The van der Waals surface area contributed by atoms with Crippen molar-refractivity contribution < 1.29 is 14.6 Å². The molecule has 1 aliphatic heterocycles. The lowest BCUT2D eigenvalue weighted by molar-refractivity contribution is -0.139. The van der Waals surface area contributed by atoms with Gasteiger partial charge in [0.25, 0.3) is 0 Å². The number of aliphatic carboxylic acids is 1. The Morgan fingerprint density at radius 2 is 2.06 bits per heavy atom. The van der Waals surface area contributed by atoms with Crippen molar-refractivity contribution in [3.63, 3.8) is 0 Å². The second kappa shape index (κ2) is 13.8. The Kier molecular flexibility index (Phi) is 10.8. The van der Waals surface area contributed by atoms with E-state index in [1.54, 1.807) is 7.11 Å². The molecule has 1 fully saturated rings. The number of hydrogen-bond donors (Lipinski definition) is 1. The molecule has 0 aliphatic carbocycles.